The van der Waals surface area contributed by atoms with Gasteiger partial charge in [0.05, 0.1) is 32.3 Å². The first-order valence-electron chi connectivity index (χ1n) is 14.2. The van der Waals surface area contributed by atoms with E-state index in [1.807, 2.05) is 30.3 Å². The van der Waals surface area contributed by atoms with Crippen LogP contribution in [0.2, 0.25) is 0 Å². The minimum atomic E-state index is -0.901. The van der Waals surface area contributed by atoms with Gasteiger partial charge in [0, 0.05) is 38.8 Å². The highest BCUT2D eigenvalue weighted by molar-refractivity contribution is 5.99. The molecule has 1 aromatic heterocycles. The number of rotatable bonds is 14. The molecular weight excluding hydrogens is 546 g/mol. The number of carbonyl (C=O) groups is 3. The Bertz CT molecular complexity index is 1140. The van der Waals surface area contributed by atoms with E-state index >= 15 is 0 Å². The number of nitrogens with zero attached hydrogens (tertiary/aromatic N) is 1. The Balaban J connectivity index is 1.75. The molecule has 0 amide bonds. The van der Waals surface area contributed by atoms with Crippen LogP contribution in [0.25, 0.3) is 0 Å². The van der Waals surface area contributed by atoms with Gasteiger partial charge in [-0.05, 0) is 25.3 Å². The molecule has 0 unspecified atom stereocenters. The maximum Gasteiger partial charge on any atom is 0.312 e. The Morgan fingerprint density at radius 2 is 1.90 bits per heavy atom. The van der Waals surface area contributed by atoms with E-state index in [9.17, 15) is 14.4 Å². The van der Waals surface area contributed by atoms with Crippen LogP contribution in [0.15, 0.2) is 42.6 Å². The molecule has 0 radical (unpaired) electrons. The number of esters is 2. The summed E-state index contributed by atoms with van der Waals surface area (Å²) in [6.07, 6.45) is 2.00. The van der Waals surface area contributed by atoms with Gasteiger partial charge in [0.2, 0.25) is 6.79 Å². The van der Waals surface area contributed by atoms with Gasteiger partial charge < -0.3 is 33.2 Å². The number of aromatic nitrogens is 1. The summed E-state index contributed by atoms with van der Waals surface area (Å²) in [5, 5.41) is 0. The highest BCUT2D eigenvalue weighted by Crippen LogP contribution is 2.31. The van der Waals surface area contributed by atoms with Gasteiger partial charge in [0.25, 0.3) is 0 Å². The summed E-state index contributed by atoms with van der Waals surface area (Å²) in [6, 6.07) is 11.2. The molecule has 0 spiro atoms. The summed E-state index contributed by atoms with van der Waals surface area (Å²) in [7, 11) is 1.41. The number of ether oxygens (including phenoxy) is 7. The quantitative estimate of drug-likeness (QED) is 0.136. The maximum atomic E-state index is 13.4. The van der Waals surface area contributed by atoms with Crippen molar-refractivity contribution in [2.75, 3.05) is 33.7 Å². The van der Waals surface area contributed by atoms with Crippen molar-refractivity contribution in [2.45, 2.75) is 71.4 Å². The van der Waals surface area contributed by atoms with Gasteiger partial charge in [-0.3, -0.25) is 14.4 Å². The number of hydrogen-bond acceptors (Lipinski definition) is 11. The molecule has 0 saturated carbocycles. The van der Waals surface area contributed by atoms with E-state index in [0.717, 1.165) is 18.4 Å². The zero-order chi connectivity index (χ0) is 30.3. The van der Waals surface area contributed by atoms with Crippen molar-refractivity contribution in [3.8, 4) is 11.5 Å². The fourth-order valence-corrected chi connectivity index (χ4v) is 4.44. The number of ketones is 1. The molecule has 2 aromatic rings. The molecule has 1 aromatic carbocycles. The van der Waals surface area contributed by atoms with Crippen LogP contribution in [0.3, 0.4) is 0 Å². The monoisotopic (exact) mass is 587 g/mol. The Morgan fingerprint density at radius 1 is 1.12 bits per heavy atom. The van der Waals surface area contributed by atoms with Crippen LogP contribution in [-0.2, 0) is 39.9 Å². The molecule has 0 N–H and O–H groups in total. The smallest absolute Gasteiger partial charge is 0.312 e. The zero-order valence-corrected chi connectivity index (χ0v) is 24.7. The third kappa shape index (κ3) is 10.1. The van der Waals surface area contributed by atoms with Crippen molar-refractivity contribution in [1.29, 1.82) is 0 Å². The molecule has 1 aliphatic heterocycles. The van der Waals surface area contributed by atoms with E-state index in [-0.39, 0.29) is 36.3 Å². The van der Waals surface area contributed by atoms with Crippen molar-refractivity contribution in [1.82, 2.24) is 4.98 Å². The van der Waals surface area contributed by atoms with Gasteiger partial charge in [-0.15, -0.1) is 0 Å². The number of cyclic esters (lactones) is 1. The second-order valence-electron chi connectivity index (χ2n) is 9.94. The molecule has 42 heavy (non-hydrogen) atoms. The number of unbranched alkanes of at least 4 members (excludes halogenated alkanes) is 1. The summed E-state index contributed by atoms with van der Waals surface area (Å²) < 4.78 is 39.8. The number of carbonyl (C=O) groups excluding carboxylic acids is 3. The van der Waals surface area contributed by atoms with Gasteiger partial charge >= 0.3 is 11.9 Å². The van der Waals surface area contributed by atoms with Gasteiger partial charge in [0.1, 0.15) is 12.2 Å². The number of methoxy groups -OCH3 is 1. The number of pyridine rings is 1. The lowest BCUT2D eigenvalue weighted by molar-refractivity contribution is -0.180. The molecule has 1 aliphatic rings. The molecule has 1 fully saturated rings. The van der Waals surface area contributed by atoms with Gasteiger partial charge in [-0.1, -0.05) is 43.7 Å². The lowest BCUT2D eigenvalue weighted by Gasteiger charge is -2.33. The Kier molecular flexibility index (Phi) is 13.7. The van der Waals surface area contributed by atoms with Crippen molar-refractivity contribution in [3.63, 3.8) is 0 Å². The fourth-order valence-electron chi connectivity index (χ4n) is 4.44. The first-order chi connectivity index (χ1) is 20.3. The predicted octanol–water partition coefficient (Wildman–Crippen LogP) is 4.30. The second-order valence-corrected chi connectivity index (χ2v) is 9.94. The molecule has 3 rings (SSSR count). The van der Waals surface area contributed by atoms with Gasteiger partial charge in [0.15, 0.2) is 23.0 Å². The summed E-state index contributed by atoms with van der Waals surface area (Å²) in [4.78, 5) is 42.1. The van der Waals surface area contributed by atoms with E-state index in [1.165, 1.54) is 26.3 Å². The largest absolute Gasteiger partial charge is 0.493 e. The molecule has 0 aliphatic carbocycles. The summed E-state index contributed by atoms with van der Waals surface area (Å²) in [5.41, 5.74) is 0.922. The first-order valence-corrected chi connectivity index (χ1v) is 14.2. The van der Waals surface area contributed by atoms with Crippen LogP contribution in [-0.4, -0.2) is 74.7 Å². The second kappa shape index (κ2) is 17.4. The molecule has 0 bridgehead atoms. The molecular formula is C31H41NO10. The topological polar surface area (TPSA) is 129 Å². The predicted molar refractivity (Wildman–Crippen MR) is 151 cm³/mol. The maximum absolute atomic E-state index is 13.4. The van der Waals surface area contributed by atoms with Crippen molar-refractivity contribution < 1.29 is 47.5 Å². The number of hydrogen-bond donors (Lipinski definition) is 0. The van der Waals surface area contributed by atoms with Crippen LogP contribution >= 0.6 is 0 Å². The van der Waals surface area contributed by atoms with E-state index in [2.05, 4.69) is 11.9 Å². The minimum absolute atomic E-state index is 0.00946. The van der Waals surface area contributed by atoms with Crippen LogP contribution in [0, 0.1) is 5.92 Å². The van der Waals surface area contributed by atoms with Crippen molar-refractivity contribution in [2.24, 2.45) is 5.92 Å². The van der Waals surface area contributed by atoms with E-state index in [0.29, 0.717) is 26.2 Å². The molecule has 11 heteroatoms. The van der Waals surface area contributed by atoms with Gasteiger partial charge in [-0.2, -0.15) is 0 Å². The van der Waals surface area contributed by atoms with Crippen molar-refractivity contribution in [3.05, 3.63) is 53.9 Å². The van der Waals surface area contributed by atoms with Gasteiger partial charge in [-0.25, -0.2) is 4.98 Å². The normalized spacial score (nSPS) is 21.2. The zero-order valence-electron chi connectivity index (χ0n) is 24.7. The van der Waals surface area contributed by atoms with Crippen LogP contribution in [0.5, 0.6) is 11.5 Å². The average molecular weight is 588 g/mol. The molecule has 11 nitrogen and oxygen atoms in total. The Morgan fingerprint density at radius 3 is 2.62 bits per heavy atom. The van der Waals surface area contributed by atoms with Crippen LogP contribution in [0.1, 0.15) is 62.5 Å². The van der Waals surface area contributed by atoms with Crippen LogP contribution < -0.4 is 9.47 Å². The third-order valence-electron chi connectivity index (χ3n) is 6.69. The third-order valence-corrected chi connectivity index (χ3v) is 6.69. The standard InChI is InChI=1S/C31H41NO10/c1-5-6-15-38-27-13-16-37-19-24(31(35)42-21(2)29(27)39-18-23-10-8-7-9-11-23)17-25(34)28-30(41-20-40-22(3)33)26(36-4)12-14-32-28/h7-12,14,21,24,27,29H,5-6,13,15-20H2,1-4H3/t21-,24-,27-,29-/m0/s1. The summed E-state index contributed by atoms with van der Waals surface area (Å²) in [5.74, 6) is -2.29. The summed E-state index contributed by atoms with van der Waals surface area (Å²) >= 11 is 0. The molecule has 1 saturated heterocycles. The van der Waals surface area contributed by atoms with Crippen LogP contribution in [0.4, 0.5) is 0 Å². The highest BCUT2D eigenvalue weighted by atomic mass is 16.7. The minimum Gasteiger partial charge on any atom is -0.493 e. The molecule has 2 heterocycles. The van der Waals surface area contributed by atoms with E-state index in [1.54, 1.807) is 6.92 Å². The SMILES string of the molecule is CCCCO[C@H]1CCOC[C@H](CC(=O)c2nccc(OC)c2OCOC(C)=O)C(=O)O[C@@H](C)[C@@H]1OCc1ccccc1. The molecule has 230 valence electrons. The lowest BCUT2D eigenvalue weighted by Crippen LogP contribution is -2.45. The van der Waals surface area contributed by atoms with E-state index < -0.39 is 42.6 Å². The average Bonchev–Trinajstić information content (AvgIpc) is 2.98. The van der Waals surface area contributed by atoms with Crippen molar-refractivity contribution >= 4 is 17.7 Å². The Labute approximate surface area is 246 Å². The highest BCUT2D eigenvalue weighted by Gasteiger charge is 2.36. The molecule has 4 atom stereocenters. The first kappa shape index (κ1) is 33.0. The summed E-state index contributed by atoms with van der Waals surface area (Å²) in [6.45, 7) is 5.82. The lowest BCUT2D eigenvalue weighted by atomic mass is 9.99. The number of Topliss-reactive ketones (excluding diaryl/α,β-unsaturated/α-hetero) is 1. The van der Waals surface area contributed by atoms with E-state index in [4.69, 9.17) is 33.2 Å². The fraction of sp³-hybridized carbons (Fsp3) is 0.548. The number of benzene rings is 1. The Hall–Kier alpha value is -3.54.